The van der Waals surface area contributed by atoms with E-state index in [-0.39, 0.29) is 6.54 Å². The Labute approximate surface area is 63.8 Å². The van der Waals surface area contributed by atoms with E-state index in [0.717, 1.165) is 0 Å². The van der Waals surface area contributed by atoms with Crippen LogP contribution in [-0.4, -0.2) is 26.8 Å². The fraction of sp³-hybridized carbons (Fsp3) is 1.00. The Morgan fingerprint density at radius 2 is 2.00 bits per heavy atom. The van der Waals surface area contributed by atoms with Gasteiger partial charge in [0.2, 0.25) is 0 Å². The van der Waals surface area contributed by atoms with Crippen molar-refractivity contribution >= 4 is 10.0 Å². The van der Waals surface area contributed by atoms with Crippen LogP contribution in [0.1, 0.15) is 6.92 Å². The van der Waals surface area contributed by atoms with Crippen molar-refractivity contribution in [3.63, 3.8) is 0 Å². The topological polar surface area (TPSA) is 72.2 Å². The van der Waals surface area contributed by atoms with Gasteiger partial charge in [0.1, 0.15) is 0 Å². The standard InChI is InChI=1S/C4H10F2N2O2S/c1-3(7)2-8-11(9,10)4(5)6/h3-4,8H,2,7H2,1H3. The number of alkyl halides is 2. The summed E-state index contributed by atoms with van der Waals surface area (Å²) in [5.41, 5.74) is 5.13. The number of nitrogens with two attached hydrogens (primary N) is 1. The van der Waals surface area contributed by atoms with Crippen molar-refractivity contribution in [3.8, 4) is 0 Å². The number of hydrogen-bond donors (Lipinski definition) is 2. The second-order valence-electron chi connectivity index (χ2n) is 2.13. The molecule has 0 aliphatic heterocycles. The second kappa shape index (κ2) is 3.93. The van der Waals surface area contributed by atoms with Crippen LogP contribution < -0.4 is 10.5 Å². The molecule has 11 heavy (non-hydrogen) atoms. The van der Waals surface area contributed by atoms with Gasteiger partial charge >= 0.3 is 5.76 Å². The first-order valence-corrected chi connectivity index (χ1v) is 4.43. The summed E-state index contributed by atoms with van der Waals surface area (Å²) in [5, 5.41) is 0. The van der Waals surface area contributed by atoms with Crippen LogP contribution in [0.2, 0.25) is 0 Å². The van der Waals surface area contributed by atoms with E-state index in [4.69, 9.17) is 5.73 Å². The van der Waals surface area contributed by atoms with E-state index in [9.17, 15) is 17.2 Å². The summed E-state index contributed by atoms with van der Waals surface area (Å²) in [6.07, 6.45) is 0. The zero-order chi connectivity index (χ0) is 9.07. The van der Waals surface area contributed by atoms with Crippen LogP contribution in [0.15, 0.2) is 0 Å². The summed E-state index contributed by atoms with van der Waals surface area (Å²) in [4.78, 5) is 0. The molecule has 0 aromatic heterocycles. The van der Waals surface area contributed by atoms with Crippen LogP contribution >= 0.6 is 0 Å². The van der Waals surface area contributed by atoms with Crippen molar-refractivity contribution in [3.05, 3.63) is 0 Å². The van der Waals surface area contributed by atoms with Crippen molar-refractivity contribution in [2.24, 2.45) is 5.73 Å². The van der Waals surface area contributed by atoms with E-state index < -0.39 is 21.8 Å². The van der Waals surface area contributed by atoms with E-state index in [1.807, 2.05) is 0 Å². The highest BCUT2D eigenvalue weighted by Gasteiger charge is 2.22. The molecule has 3 N–H and O–H groups in total. The largest absolute Gasteiger partial charge is 0.350 e. The van der Waals surface area contributed by atoms with Gasteiger partial charge < -0.3 is 5.73 Å². The predicted molar refractivity (Wildman–Crippen MR) is 36.6 cm³/mol. The van der Waals surface area contributed by atoms with Crippen molar-refractivity contribution < 1.29 is 17.2 Å². The van der Waals surface area contributed by atoms with Gasteiger partial charge in [0.25, 0.3) is 10.0 Å². The lowest BCUT2D eigenvalue weighted by molar-refractivity contribution is 0.232. The van der Waals surface area contributed by atoms with Crippen LogP contribution in [0, 0.1) is 0 Å². The van der Waals surface area contributed by atoms with Crippen LogP contribution in [0.3, 0.4) is 0 Å². The Hall–Kier alpha value is -0.270. The minimum Gasteiger partial charge on any atom is -0.327 e. The van der Waals surface area contributed by atoms with E-state index >= 15 is 0 Å². The molecular weight excluding hydrogens is 178 g/mol. The summed E-state index contributed by atoms with van der Waals surface area (Å²) in [7, 11) is -4.46. The van der Waals surface area contributed by atoms with Crippen LogP contribution in [0.25, 0.3) is 0 Å². The molecule has 0 rings (SSSR count). The molecular formula is C4H10F2N2O2S. The highest BCUT2D eigenvalue weighted by Crippen LogP contribution is 2.00. The molecule has 0 radical (unpaired) electrons. The van der Waals surface area contributed by atoms with Gasteiger partial charge in [-0.15, -0.1) is 0 Å². The normalized spacial score (nSPS) is 15.4. The molecule has 68 valence electrons. The Morgan fingerprint density at radius 3 is 2.27 bits per heavy atom. The maximum atomic E-state index is 11.6. The number of hydrogen-bond acceptors (Lipinski definition) is 3. The van der Waals surface area contributed by atoms with Gasteiger partial charge in [-0.25, -0.2) is 13.1 Å². The van der Waals surface area contributed by atoms with Gasteiger partial charge in [0, 0.05) is 12.6 Å². The smallest absolute Gasteiger partial charge is 0.327 e. The molecule has 0 spiro atoms. The maximum Gasteiger partial charge on any atom is 0.350 e. The summed E-state index contributed by atoms with van der Waals surface area (Å²) < 4.78 is 45.4. The molecule has 0 saturated heterocycles. The van der Waals surface area contributed by atoms with Gasteiger partial charge in [-0.2, -0.15) is 8.78 Å². The average molecular weight is 188 g/mol. The zero-order valence-corrected chi connectivity index (χ0v) is 6.74. The molecule has 1 atom stereocenters. The first-order chi connectivity index (χ1) is 4.86. The first-order valence-electron chi connectivity index (χ1n) is 2.88. The molecule has 0 heterocycles. The molecule has 0 aliphatic rings. The molecule has 0 bridgehead atoms. The SMILES string of the molecule is CC(N)CNS(=O)(=O)C(F)F. The highest BCUT2D eigenvalue weighted by atomic mass is 32.2. The number of halogens is 2. The maximum absolute atomic E-state index is 11.6. The zero-order valence-electron chi connectivity index (χ0n) is 5.92. The minimum atomic E-state index is -4.46. The Kier molecular flexibility index (Phi) is 3.84. The summed E-state index contributed by atoms with van der Waals surface area (Å²) in [6, 6.07) is -0.469. The fourth-order valence-corrected chi connectivity index (χ4v) is 0.932. The minimum absolute atomic E-state index is 0.174. The van der Waals surface area contributed by atoms with Crippen LogP contribution in [0.5, 0.6) is 0 Å². The molecule has 0 aromatic rings. The molecule has 0 aromatic carbocycles. The summed E-state index contributed by atoms with van der Waals surface area (Å²) in [5.74, 6) is -3.39. The Balaban J connectivity index is 3.95. The molecule has 4 nitrogen and oxygen atoms in total. The van der Waals surface area contributed by atoms with E-state index in [1.54, 1.807) is 4.72 Å². The second-order valence-corrected chi connectivity index (χ2v) is 3.87. The van der Waals surface area contributed by atoms with Gasteiger partial charge in [-0.3, -0.25) is 0 Å². The summed E-state index contributed by atoms with van der Waals surface area (Å²) in [6.45, 7) is 1.33. The van der Waals surface area contributed by atoms with E-state index in [1.165, 1.54) is 6.92 Å². The quantitative estimate of drug-likeness (QED) is 0.623. The van der Waals surface area contributed by atoms with E-state index in [0.29, 0.717) is 0 Å². The molecule has 0 saturated carbocycles. The predicted octanol–water partition coefficient (Wildman–Crippen LogP) is -0.524. The molecule has 1 unspecified atom stereocenters. The third-order valence-corrected chi connectivity index (χ3v) is 1.88. The summed E-state index contributed by atoms with van der Waals surface area (Å²) >= 11 is 0. The number of nitrogens with one attached hydrogen (secondary N) is 1. The van der Waals surface area contributed by atoms with Crippen LogP contribution in [0.4, 0.5) is 8.78 Å². The van der Waals surface area contributed by atoms with Crippen molar-refractivity contribution in [1.29, 1.82) is 0 Å². The van der Waals surface area contributed by atoms with Gasteiger partial charge in [0.05, 0.1) is 0 Å². The van der Waals surface area contributed by atoms with Crippen LogP contribution in [-0.2, 0) is 10.0 Å². The van der Waals surface area contributed by atoms with E-state index in [2.05, 4.69) is 0 Å². The van der Waals surface area contributed by atoms with Crippen molar-refractivity contribution in [2.75, 3.05) is 6.54 Å². The third kappa shape index (κ3) is 4.23. The Morgan fingerprint density at radius 1 is 1.55 bits per heavy atom. The number of sulfonamides is 1. The van der Waals surface area contributed by atoms with Gasteiger partial charge in [-0.05, 0) is 6.92 Å². The highest BCUT2D eigenvalue weighted by molar-refractivity contribution is 7.89. The fourth-order valence-electron chi connectivity index (χ4n) is 0.311. The lowest BCUT2D eigenvalue weighted by atomic mass is 10.4. The van der Waals surface area contributed by atoms with Gasteiger partial charge in [-0.1, -0.05) is 0 Å². The average Bonchev–Trinajstić information content (AvgIpc) is 1.84. The number of rotatable bonds is 4. The Bertz CT molecular complexity index is 202. The van der Waals surface area contributed by atoms with Crippen molar-refractivity contribution in [1.82, 2.24) is 4.72 Å². The molecule has 0 aliphatic carbocycles. The monoisotopic (exact) mass is 188 g/mol. The molecule has 7 heteroatoms. The third-order valence-electron chi connectivity index (χ3n) is 0.841. The van der Waals surface area contributed by atoms with Gasteiger partial charge in [0.15, 0.2) is 0 Å². The molecule has 0 amide bonds. The lowest BCUT2D eigenvalue weighted by Crippen LogP contribution is -2.37. The molecule has 0 fully saturated rings. The van der Waals surface area contributed by atoms with Crippen molar-refractivity contribution in [2.45, 2.75) is 18.7 Å². The lowest BCUT2D eigenvalue weighted by Gasteiger charge is -2.06. The first kappa shape index (κ1) is 10.7.